The zero-order valence-corrected chi connectivity index (χ0v) is 16.8. The van der Waals surface area contributed by atoms with Crippen LogP contribution in [0.3, 0.4) is 0 Å². The third-order valence-corrected chi connectivity index (χ3v) is 4.32. The number of benzene rings is 2. The third-order valence-electron chi connectivity index (χ3n) is 4.32. The van der Waals surface area contributed by atoms with Crippen molar-refractivity contribution in [2.45, 2.75) is 32.4 Å². The van der Waals surface area contributed by atoms with Gasteiger partial charge in [0.05, 0.1) is 6.61 Å². The second-order valence-corrected chi connectivity index (χ2v) is 6.52. The van der Waals surface area contributed by atoms with Gasteiger partial charge in [-0.15, -0.1) is 5.10 Å². The largest absolute Gasteiger partial charge is 0.494 e. The molecule has 3 rings (SSSR count). The number of anilines is 1. The lowest BCUT2D eigenvalue weighted by molar-refractivity contribution is -0.156. The fraction of sp³-hybridized carbons (Fsp3) is 0.286. The SMILES string of the molecule is CCOc1ccc(NC(=O)[C@H](C)OC(=O)[C@H](Cc2ccccc2)n2cnnn2)cc1. The van der Waals surface area contributed by atoms with E-state index in [0.29, 0.717) is 24.5 Å². The Morgan fingerprint density at radius 3 is 2.47 bits per heavy atom. The average molecular weight is 409 g/mol. The molecule has 1 heterocycles. The van der Waals surface area contributed by atoms with Gasteiger partial charge in [-0.25, -0.2) is 9.48 Å². The summed E-state index contributed by atoms with van der Waals surface area (Å²) < 4.78 is 12.1. The van der Waals surface area contributed by atoms with Crippen molar-refractivity contribution in [2.75, 3.05) is 11.9 Å². The molecule has 1 amide bonds. The van der Waals surface area contributed by atoms with Crippen LogP contribution in [0.25, 0.3) is 0 Å². The quantitative estimate of drug-likeness (QED) is 0.541. The molecule has 0 fully saturated rings. The van der Waals surface area contributed by atoms with E-state index in [2.05, 4.69) is 20.8 Å². The second-order valence-electron chi connectivity index (χ2n) is 6.52. The number of aromatic nitrogens is 4. The molecule has 0 bridgehead atoms. The van der Waals surface area contributed by atoms with Crippen molar-refractivity contribution in [3.63, 3.8) is 0 Å². The van der Waals surface area contributed by atoms with Gasteiger partial charge >= 0.3 is 5.97 Å². The number of hydrogen-bond acceptors (Lipinski definition) is 7. The van der Waals surface area contributed by atoms with E-state index in [0.717, 1.165) is 5.56 Å². The molecule has 0 saturated carbocycles. The molecule has 0 radical (unpaired) electrons. The molecule has 2 atom stereocenters. The third kappa shape index (κ3) is 5.63. The highest BCUT2D eigenvalue weighted by Gasteiger charge is 2.27. The predicted octanol–water partition coefficient (Wildman–Crippen LogP) is 2.43. The van der Waals surface area contributed by atoms with Gasteiger partial charge in [0.25, 0.3) is 5.91 Å². The molecule has 30 heavy (non-hydrogen) atoms. The van der Waals surface area contributed by atoms with Crippen LogP contribution in [0.1, 0.15) is 25.5 Å². The monoisotopic (exact) mass is 409 g/mol. The molecule has 156 valence electrons. The van der Waals surface area contributed by atoms with E-state index in [1.165, 1.54) is 17.9 Å². The summed E-state index contributed by atoms with van der Waals surface area (Å²) in [6, 6.07) is 15.6. The minimum absolute atomic E-state index is 0.331. The normalized spacial score (nSPS) is 12.6. The molecular weight excluding hydrogens is 386 g/mol. The van der Waals surface area contributed by atoms with Crippen molar-refractivity contribution in [1.82, 2.24) is 20.2 Å². The Morgan fingerprint density at radius 1 is 1.10 bits per heavy atom. The lowest BCUT2D eigenvalue weighted by Gasteiger charge is -2.19. The first-order valence-corrected chi connectivity index (χ1v) is 9.57. The van der Waals surface area contributed by atoms with Gasteiger partial charge in [-0.05, 0) is 54.1 Å². The number of amides is 1. The molecule has 1 aromatic heterocycles. The molecule has 0 spiro atoms. The number of nitrogens with zero attached hydrogens (tertiary/aromatic N) is 4. The fourth-order valence-corrected chi connectivity index (χ4v) is 2.78. The van der Waals surface area contributed by atoms with E-state index in [1.54, 1.807) is 24.3 Å². The van der Waals surface area contributed by atoms with E-state index < -0.39 is 24.0 Å². The zero-order valence-electron chi connectivity index (χ0n) is 16.8. The summed E-state index contributed by atoms with van der Waals surface area (Å²) in [5.74, 6) is -0.330. The molecule has 0 aliphatic carbocycles. The summed E-state index contributed by atoms with van der Waals surface area (Å²) in [5, 5.41) is 13.7. The maximum absolute atomic E-state index is 12.8. The molecule has 9 heteroatoms. The number of ether oxygens (including phenoxy) is 2. The van der Waals surface area contributed by atoms with Gasteiger partial charge in [0, 0.05) is 12.1 Å². The van der Waals surface area contributed by atoms with Crippen LogP contribution < -0.4 is 10.1 Å². The Labute approximate surface area is 174 Å². The standard InChI is InChI=1S/C21H23N5O4/c1-3-29-18-11-9-17(10-12-18)23-20(27)15(2)30-21(28)19(26-14-22-24-25-26)13-16-7-5-4-6-8-16/h4-12,14-15,19H,3,13H2,1-2H3,(H,23,27)/t15-,19-/m0/s1. The van der Waals surface area contributed by atoms with Gasteiger partial charge in [-0.3, -0.25) is 4.79 Å². The van der Waals surface area contributed by atoms with Crippen LogP contribution in [0.2, 0.25) is 0 Å². The molecule has 1 N–H and O–H groups in total. The summed E-state index contributed by atoms with van der Waals surface area (Å²) in [4.78, 5) is 25.3. The van der Waals surface area contributed by atoms with Gasteiger partial charge in [-0.2, -0.15) is 0 Å². The Kier molecular flexibility index (Phi) is 7.09. The number of carbonyl (C=O) groups is 2. The van der Waals surface area contributed by atoms with E-state index in [9.17, 15) is 9.59 Å². The van der Waals surface area contributed by atoms with Crippen LogP contribution in [-0.2, 0) is 20.7 Å². The molecule has 0 unspecified atom stereocenters. The van der Waals surface area contributed by atoms with Crippen molar-refractivity contribution in [3.8, 4) is 5.75 Å². The van der Waals surface area contributed by atoms with Crippen LogP contribution in [0.4, 0.5) is 5.69 Å². The molecule has 3 aromatic rings. The maximum Gasteiger partial charge on any atom is 0.332 e. The summed E-state index contributed by atoms with van der Waals surface area (Å²) in [5.41, 5.74) is 1.49. The van der Waals surface area contributed by atoms with Crippen molar-refractivity contribution < 1.29 is 19.1 Å². The predicted molar refractivity (Wildman–Crippen MR) is 109 cm³/mol. The molecule has 0 saturated heterocycles. The van der Waals surface area contributed by atoms with Crippen LogP contribution in [0.15, 0.2) is 60.9 Å². The number of esters is 1. The van der Waals surface area contributed by atoms with Crippen LogP contribution >= 0.6 is 0 Å². The van der Waals surface area contributed by atoms with Gasteiger partial charge < -0.3 is 14.8 Å². The lowest BCUT2D eigenvalue weighted by atomic mass is 10.1. The first-order chi connectivity index (χ1) is 14.6. The Bertz CT molecular complexity index is 945. The van der Waals surface area contributed by atoms with Crippen LogP contribution in [-0.4, -0.2) is 44.8 Å². The minimum atomic E-state index is -1.00. The molecule has 2 aromatic carbocycles. The Morgan fingerprint density at radius 2 is 1.83 bits per heavy atom. The van der Waals surface area contributed by atoms with Crippen molar-refractivity contribution in [2.24, 2.45) is 0 Å². The minimum Gasteiger partial charge on any atom is -0.494 e. The first kappa shape index (κ1) is 21.0. The summed E-state index contributed by atoms with van der Waals surface area (Å²) in [7, 11) is 0. The smallest absolute Gasteiger partial charge is 0.332 e. The summed E-state index contributed by atoms with van der Waals surface area (Å²) in [6.45, 7) is 3.97. The maximum atomic E-state index is 12.8. The highest BCUT2D eigenvalue weighted by atomic mass is 16.5. The summed E-state index contributed by atoms with van der Waals surface area (Å²) in [6.07, 6.45) is 0.677. The van der Waals surface area contributed by atoms with Gasteiger partial charge in [0.1, 0.15) is 12.1 Å². The van der Waals surface area contributed by atoms with Crippen molar-refractivity contribution in [1.29, 1.82) is 0 Å². The molecular formula is C21H23N5O4. The average Bonchev–Trinajstić information content (AvgIpc) is 3.28. The number of rotatable bonds is 9. The second kappa shape index (κ2) is 10.1. The first-order valence-electron chi connectivity index (χ1n) is 9.57. The highest BCUT2D eigenvalue weighted by Crippen LogP contribution is 2.18. The topological polar surface area (TPSA) is 108 Å². The number of tetrazole rings is 1. The highest BCUT2D eigenvalue weighted by molar-refractivity contribution is 5.95. The zero-order chi connectivity index (χ0) is 21.3. The van der Waals surface area contributed by atoms with E-state index in [4.69, 9.17) is 9.47 Å². The Balaban J connectivity index is 1.63. The van der Waals surface area contributed by atoms with Gasteiger partial charge in [-0.1, -0.05) is 30.3 Å². The number of nitrogens with one attached hydrogen (secondary N) is 1. The Hall–Kier alpha value is -3.75. The van der Waals surface area contributed by atoms with E-state index >= 15 is 0 Å². The summed E-state index contributed by atoms with van der Waals surface area (Å²) >= 11 is 0. The van der Waals surface area contributed by atoms with Crippen molar-refractivity contribution >= 4 is 17.6 Å². The molecule has 0 aliphatic rings. The van der Waals surface area contributed by atoms with E-state index in [1.807, 2.05) is 37.3 Å². The van der Waals surface area contributed by atoms with Crippen LogP contribution in [0.5, 0.6) is 5.75 Å². The molecule has 9 nitrogen and oxygen atoms in total. The van der Waals surface area contributed by atoms with Gasteiger partial charge in [0.15, 0.2) is 12.1 Å². The van der Waals surface area contributed by atoms with Gasteiger partial charge in [0.2, 0.25) is 0 Å². The fourth-order valence-electron chi connectivity index (χ4n) is 2.78. The lowest BCUT2D eigenvalue weighted by Crippen LogP contribution is -2.34. The van der Waals surface area contributed by atoms with Crippen molar-refractivity contribution in [3.05, 3.63) is 66.5 Å². The number of hydrogen-bond donors (Lipinski definition) is 1. The van der Waals surface area contributed by atoms with E-state index in [-0.39, 0.29) is 0 Å². The number of carbonyl (C=O) groups excluding carboxylic acids is 2. The van der Waals surface area contributed by atoms with Crippen LogP contribution in [0, 0.1) is 0 Å². The molecule has 0 aliphatic heterocycles.